The summed E-state index contributed by atoms with van der Waals surface area (Å²) >= 11 is 0. The van der Waals surface area contributed by atoms with Crippen molar-refractivity contribution in [2.45, 2.75) is 19.3 Å². The Bertz CT molecular complexity index is 699. The number of nitrogens with zero attached hydrogens (tertiary/aromatic N) is 6. The SMILES string of the molecule is C(CNCCN1CCOCC1)CN(CCCNCCN1CCOCC1)CCN1CCOCC1.N.N#CCCNCCN1CCOCC1. The Morgan fingerprint density at radius 3 is 1.17 bits per heavy atom. The molecule has 0 radical (unpaired) electrons. The number of nitriles is 1. The van der Waals surface area contributed by atoms with Crippen LogP contribution in [0.4, 0.5) is 0 Å². The Labute approximate surface area is 286 Å². The molecule has 0 aliphatic carbocycles. The molecular formula is C33H70N10O4. The highest BCUT2D eigenvalue weighted by atomic mass is 16.5. The van der Waals surface area contributed by atoms with Crippen LogP contribution in [0.5, 0.6) is 0 Å². The molecule has 4 rings (SSSR count). The molecule has 4 saturated heterocycles. The normalized spacial score (nSPS) is 20.3. The quantitative estimate of drug-likeness (QED) is 0.107. The minimum Gasteiger partial charge on any atom is -0.379 e. The van der Waals surface area contributed by atoms with Crippen molar-refractivity contribution in [1.82, 2.24) is 46.6 Å². The zero-order valence-electron chi connectivity index (χ0n) is 29.7. The second-order valence-electron chi connectivity index (χ2n) is 12.5. The van der Waals surface area contributed by atoms with Crippen LogP contribution < -0.4 is 22.1 Å². The summed E-state index contributed by atoms with van der Waals surface area (Å²) in [5.41, 5.74) is 0. The van der Waals surface area contributed by atoms with Crippen molar-refractivity contribution in [2.24, 2.45) is 0 Å². The van der Waals surface area contributed by atoms with Crippen molar-refractivity contribution in [2.75, 3.05) is 190 Å². The summed E-state index contributed by atoms with van der Waals surface area (Å²) in [6.07, 6.45) is 3.04. The lowest BCUT2D eigenvalue weighted by Gasteiger charge is -2.30. The minimum atomic E-state index is 0. The molecule has 4 aliphatic heterocycles. The summed E-state index contributed by atoms with van der Waals surface area (Å²) in [5.74, 6) is 0. The summed E-state index contributed by atoms with van der Waals surface area (Å²) in [4.78, 5) is 12.6. The third-order valence-electron chi connectivity index (χ3n) is 9.03. The average molecular weight is 671 g/mol. The van der Waals surface area contributed by atoms with E-state index in [1.807, 2.05) is 0 Å². The molecule has 4 aliphatic rings. The molecule has 6 N–H and O–H groups in total. The fourth-order valence-corrected chi connectivity index (χ4v) is 6.00. The van der Waals surface area contributed by atoms with Gasteiger partial charge >= 0.3 is 0 Å². The molecule has 4 heterocycles. The number of nitrogens with one attached hydrogen (secondary N) is 3. The highest BCUT2D eigenvalue weighted by molar-refractivity contribution is 4.71. The van der Waals surface area contributed by atoms with Crippen molar-refractivity contribution in [1.29, 1.82) is 5.26 Å². The van der Waals surface area contributed by atoms with E-state index in [0.717, 1.165) is 171 Å². The minimum absolute atomic E-state index is 0. The second-order valence-corrected chi connectivity index (χ2v) is 12.5. The van der Waals surface area contributed by atoms with Crippen molar-refractivity contribution in [3.05, 3.63) is 0 Å². The molecule has 14 heteroatoms. The van der Waals surface area contributed by atoms with Crippen LogP contribution in [-0.2, 0) is 18.9 Å². The van der Waals surface area contributed by atoms with Gasteiger partial charge in [-0.05, 0) is 39.0 Å². The first kappa shape index (κ1) is 42.1. The first-order valence-corrected chi connectivity index (χ1v) is 18.3. The van der Waals surface area contributed by atoms with E-state index >= 15 is 0 Å². The van der Waals surface area contributed by atoms with E-state index in [1.54, 1.807) is 0 Å². The smallest absolute Gasteiger partial charge is 0.0635 e. The third-order valence-corrected chi connectivity index (χ3v) is 9.03. The average Bonchev–Trinajstić information content (AvgIpc) is 3.11. The molecule has 4 fully saturated rings. The Balaban J connectivity index is 0.000000461. The number of morpholine rings is 4. The van der Waals surface area contributed by atoms with Gasteiger partial charge in [0, 0.05) is 118 Å². The number of rotatable bonds is 22. The Morgan fingerprint density at radius 1 is 0.468 bits per heavy atom. The van der Waals surface area contributed by atoms with Crippen molar-refractivity contribution >= 4 is 0 Å². The largest absolute Gasteiger partial charge is 0.379 e. The van der Waals surface area contributed by atoms with Crippen molar-refractivity contribution in [3.8, 4) is 6.07 Å². The maximum Gasteiger partial charge on any atom is 0.0635 e. The molecule has 14 nitrogen and oxygen atoms in total. The molecule has 0 spiro atoms. The lowest BCUT2D eigenvalue weighted by Crippen LogP contribution is -2.43. The predicted molar refractivity (Wildman–Crippen MR) is 189 cm³/mol. The number of hydrogen-bond donors (Lipinski definition) is 4. The molecule has 0 saturated carbocycles. The van der Waals surface area contributed by atoms with E-state index < -0.39 is 0 Å². The van der Waals surface area contributed by atoms with E-state index in [0.29, 0.717) is 6.42 Å². The zero-order valence-corrected chi connectivity index (χ0v) is 29.7. The Hall–Kier alpha value is -1.03. The van der Waals surface area contributed by atoms with Crippen molar-refractivity contribution in [3.63, 3.8) is 0 Å². The van der Waals surface area contributed by atoms with Crippen molar-refractivity contribution < 1.29 is 18.9 Å². The van der Waals surface area contributed by atoms with Gasteiger partial charge in [0.05, 0.1) is 58.9 Å². The summed E-state index contributed by atoms with van der Waals surface area (Å²) in [6, 6.07) is 2.11. The highest BCUT2D eigenvalue weighted by Crippen LogP contribution is 2.01. The summed E-state index contributed by atoms with van der Waals surface area (Å²) in [6.45, 7) is 29.8. The van der Waals surface area contributed by atoms with Crippen LogP contribution in [0.25, 0.3) is 0 Å². The maximum atomic E-state index is 8.30. The molecule has 0 unspecified atom stereocenters. The van der Waals surface area contributed by atoms with Gasteiger partial charge in [0.2, 0.25) is 0 Å². The number of hydrogen-bond acceptors (Lipinski definition) is 14. The predicted octanol–water partition coefficient (Wildman–Crippen LogP) is -0.772. The standard InChI is InChI=1S/C24H50N6O3.C9H17N3O.H3N/c1(3-25-5-9-28-13-19-31-20-14-28)7-27(11-12-30-17-23-33-24-18-30)8-2-4-26-6-10-29-15-21-32-22-16-29;10-2-1-3-11-4-5-12-6-8-13-9-7-12;/h25-26H,1-24H2;11H,1,3-9H2;1H3. The zero-order chi connectivity index (χ0) is 32.2. The van der Waals surface area contributed by atoms with Gasteiger partial charge in [0.15, 0.2) is 0 Å². The first-order chi connectivity index (χ1) is 22.8. The van der Waals surface area contributed by atoms with Gasteiger partial charge in [0.1, 0.15) is 0 Å². The monoisotopic (exact) mass is 671 g/mol. The highest BCUT2D eigenvalue weighted by Gasteiger charge is 2.14. The van der Waals surface area contributed by atoms with Crippen LogP contribution in [0.1, 0.15) is 19.3 Å². The summed E-state index contributed by atoms with van der Waals surface area (Å²) in [5, 5.41) is 18.8. The molecule has 47 heavy (non-hydrogen) atoms. The summed E-state index contributed by atoms with van der Waals surface area (Å²) < 4.78 is 21.6. The van der Waals surface area contributed by atoms with E-state index in [2.05, 4.69) is 46.5 Å². The molecule has 0 amide bonds. The van der Waals surface area contributed by atoms with E-state index in [9.17, 15) is 0 Å². The van der Waals surface area contributed by atoms with Crippen LogP contribution in [-0.4, -0.2) is 215 Å². The van der Waals surface area contributed by atoms with E-state index in [1.165, 1.54) is 32.5 Å². The second kappa shape index (κ2) is 29.8. The van der Waals surface area contributed by atoms with Crippen LogP contribution in [0, 0.1) is 11.3 Å². The molecule has 0 aromatic rings. The molecule has 0 aromatic heterocycles. The lowest BCUT2D eigenvalue weighted by molar-refractivity contribution is 0.0331. The fourth-order valence-electron chi connectivity index (χ4n) is 6.00. The topological polar surface area (TPSA) is 148 Å². The van der Waals surface area contributed by atoms with Gasteiger partial charge in [-0.15, -0.1) is 0 Å². The molecule has 0 bridgehead atoms. The molecule has 0 aromatic carbocycles. The van der Waals surface area contributed by atoms with Crippen LogP contribution >= 0.6 is 0 Å². The Morgan fingerprint density at radius 2 is 0.809 bits per heavy atom. The molecule has 276 valence electrons. The van der Waals surface area contributed by atoms with Gasteiger partial charge < -0.3 is 45.9 Å². The van der Waals surface area contributed by atoms with Crippen LogP contribution in [0.15, 0.2) is 0 Å². The van der Waals surface area contributed by atoms with Gasteiger partial charge in [-0.25, -0.2) is 0 Å². The number of ether oxygens (including phenoxy) is 4. The maximum absolute atomic E-state index is 8.30. The first-order valence-electron chi connectivity index (χ1n) is 18.3. The third kappa shape index (κ3) is 22.3. The van der Waals surface area contributed by atoms with E-state index in [4.69, 9.17) is 24.2 Å². The van der Waals surface area contributed by atoms with Crippen LogP contribution in [0.2, 0.25) is 0 Å². The molecular weight excluding hydrogens is 600 g/mol. The molecule has 0 atom stereocenters. The summed E-state index contributed by atoms with van der Waals surface area (Å²) in [7, 11) is 0. The van der Waals surface area contributed by atoms with Gasteiger partial charge in [0.25, 0.3) is 0 Å². The van der Waals surface area contributed by atoms with Gasteiger partial charge in [-0.3, -0.25) is 19.6 Å². The Kier molecular flexibility index (Phi) is 26.8. The van der Waals surface area contributed by atoms with Gasteiger partial charge in [-0.2, -0.15) is 5.26 Å². The fraction of sp³-hybridized carbons (Fsp3) is 0.970. The van der Waals surface area contributed by atoms with E-state index in [-0.39, 0.29) is 6.15 Å². The lowest BCUT2D eigenvalue weighted by atomic mass is 10.3. The van der Waals surface area contributed by atoms with Gasteiger partial charge in [-0.1, -0.05) is 0 Å². The van der Waals surface area contributed by atoms with Crippen LogP contribution in [0.3, 0.4) is 0 Å².